The maximum Gasteiger partial charge on any atom is 0.268 e. The molecule has 0 spiro atoms. The van der Waals surface area contributed by atoms with Crippen LogP contribution in [0.1, 0.15) is 322 Å². The van der Waals surface area contributed by atoms with Crippen LogP contribution in [0.4, 0.5) is 0 Å². The van der Waals surface area contributed by atoms with Gasteiger partial charge in [0.2, 0.25) is 5.91 Å². The van der Waals surface area contributed by atoms with E-state index in [1.165, 1.54) is 257 Å². The van der Waals surface area contributed by atoms with E-state index in [1.807, 2.05) is 21.1 Å². The number of aliphatic hydroxyl groups is 1. The quantitative estimate of drug-likeness (QED) is 0.0357. The van der Waals surface area contributed by atoms with E-state index in [2.05, 4.69) is 19.2 Å². The van der Waals surface area contributed by atoms with Crippen LogP contribution in [0.3, 0.4) is 0 Å². The third-order valence-electron chi connectivity index (χ3n) is 14.3. The van der Waals surface area contributed by atoms with Gasteiger partial charge < -0.3 is 28.8 Å². The second kappa shape index (κ2) is 51.4. The van der Waals surface area contributed by atoms with Gasteiger partial charge in [0, 0.05) is 6.42 Å². The van der Waals surface area contributed by atoms with Gasteiger partial charge in [-0.15, -0.1) is 0 Å². The molecule has 0 heterocycles. The normalized spacial score (nSPS) is 13.8. The average Bonchev–Trinajstić information content (AvgIpc) is 3.30. The van der Waals surface area contributed by atoms with Gasteiger partial charge in [-0.1, -0.05) is 303 Å². The number of hydrogen-bond donors (Lipinski definition) is 2. The van der Waals surface area contributed by atoms with Gasteiger partial charge in [0.15, 0.2) is 0 Å². The summed E-state index contributed by atoms with van der Waals surface area (Å²) in [4.78, 5) is 25.4. The molecule has 0 aliphatic rings. The predicted octanol–water partition coefficient (Wildman–Crippen LogP) is 17.8. The maximum atomic E-state index is 12.9. The average molecular weight is 986 g/mol. The van der Waals surface area contributed by atoms with Crippen molar-refractivity contribution in [2.24, 2.45) is 0 Å². The zero-order valence-corrected chi connectivity index (χ0v) is 47.5. The molecule has 0 bridgehead atoms. The summed E-state index contributed by atoms with van der Waals surface area (Å²) in [7, 11) is 1.32. The Bertz CT molecular complexity index is 1070. The molecule has 3 atom stereocenters. The Morgan fingerprint density at radius 2 is 0.721 bits per heavy atom. The molecule has 2 N–H and O–H groups in total. The monoisotopic (exact) mass is 985 g/mol. The molecule has 1 amide bonds. The third-order valence-corrected chi connectivity index (χ3v) is 15.3. The van der Waals surface area contributed by atoms with Crippen LogP contribution >= 0.6 is 7.82 Å². The molecule has 408 valence electrons. The van der Waals surface area contributed by atoms with E-state index >= 15 is 0 Å². The fraction of sp³-hybridized carbons (Fsp3) is 0.983. The van der Waals surface area contributed by atoms with Crippen molar-refractivity contribution in [2.75, 3.05) is 40.9 Å². The highest BCUT2D eigenvalue weighted by molar-refractivity contribution is 7.45. The number of aliphatic hydroxyl groups excluding tert-OH is 1. The summed E-state index contributed by atoms with van der Waals surface area (Å²) < 4.78 is 23.3. The first-order valence-electron chi connectivity index (χ1n) is 30.4. The molecule has 0 aromatic heterocycles. The molecule has 8 nitrogen and oxygen atoms in total. The molecule has 0 aromatic carbocycles. The topological polar surface area (TPSA) is 108 Å². The van der Waals surface area contributed by atoms with Crippen LogP contribution in [0, 0.1) is 0 Å². The molecular weight excluding hydrogens is 864 g/mol. The first-order chi connectivity index (χ1) is 33.0. The van der Waals surface area contributed by atoms with Crippen LogP contribution in [-0.2, 0) is 18.4 Å². The Labute approximate surface area is 425 Å². The molecule has 9 heteroatoms. The summed E-state index contributed by atoms with van der Waals surface area (Å²) in [5.41, 5.74) is 0. The first kappa shape index (κ1) is 67.5. The minimum absolute atomic E-state index is 0.0161. The number of phosphoric acid groups is 1. The Kier molecular flexibility index (Phi) is 51.0. The largest absolute Gasteiger partial charge is 0.756 e. The molecule has 0 aliphatic carbocycles. The standard InChI is InChI=1S/C59H121N2O6P/c1-6-8-10-12-14-16-18-19-20-21-22-23-24-25-26-27-28-29-30-31-32-33-34-35-36-37-38-39-40-41-42-43-45-47-49-51-53-59(63)60-57(56-67-68(64,65)66-55-54-61(3,4)5)58(62)52-50-48-46-44-17-15-13-11-9-7-2/h57-58,62H,6-56H2,1-5H3,(H-,60,63,64,65)/t57-,58+/m0/s1. The van der Waals surface area contributed by atoms with Gasteiger partial charge in [-0.2, -0.15) is 0 Å². The van der Waals surface area contributed by atoms with E-state index in [0.717, 1.165) is 38.5 Å². The van der Waals surface area contributed by atoms with Crippen molar-refractivity contribution in [1.29, 1.82) is 0 Å². The third kappa shape index (κ3) is 53.3. The van der Waals surface area contributed by atoms with E-state index in [4.69, 9.17) is 9.05 Å². The zero-order valence-electron chi connectivity index (χ0n) is 46.6. The van der Waals surface area contributed by atoms with Crippen LogP contribution in [0.5, 0.6) is 0 Å². The van der Waals surface area contributed by atoms with E-state index in [1.54, 1.807) is 0 Å². The molecule has 1 unspecified atom stereocenters. The number of quaternary nitrogens is 1. The van der Waals surface area contributed by atoms with Gasteiger partial charge in [-0.3, -0.25) is 9.36 Å². The van der Waals surface area contributed by atoms with Crippen LogP contribution in [0.2, 0.25) is 0 Å². The molecule has 68 heavy (non-hydrogen) atoms. The number of hydrogen-bond acceptors (Lipinski definition) is 6. The number of phosphoric ester groups is 1. The lowest BCUT2D eigenvalue weighted by Gasteiger charge is -2.30. The Balaban J connectivity index is 3.79. The van der Waals surface area contributed by atoms with Crippen LogP contribution in [0.25, 0.3) is 0 Å². The van der Waals surface area contributed by atoms with Gasteiger partial charge in [0.1, 0.15) is 13.2 Å². The van der Waals surface area contributed by atoms with Crippen molar-refractivity contribution in [2.45, 2.75) is 334 Å². The van der Waals surface area contributed by atoms with Gasteiger partial charge in [0.25, 0.3) is 7.82 Å². The Hall–Kier alpha value is -0.500. The summed E-state index contributed by atoms with van der Waals surface area (Å²) in [5, 5.41) is 13.9. The van der Waals surface area contributed by atoms with Crippen molar-refractivity contribution in [3.05, 3.63) is 0 Å². The van der Waals surface area contributed by atoms with E-state index < -0.39 is 20.0 Å². The van der Waals surface area contributed by atoms with E-state index in [9.17, 15) is 19.4 Å². The lowest BCUT2D eigenvalue weighted by molar-refractivity contribution is -0.870. The van der Waals surface area contributed by atoms with Crippen LogP contribution in [-0.4, -0.2) is 68.5 Å². The number of rotatable bonds is 57. The molecule has 0 saturated carbocycles. The molecule has 0 radical (unpaired) electrons. The SMILES string of the molecule is CCCCCCCCCCCCCCCCCCCCCCCCCCCCCCCCCCCCCCC(=O)N[C@@H](COP(=O)([O-])OCC[N+](C)(C)C)[C@H](O)CCCCCCCCCCCC. The Morgan fingerprint density at radius 1 is 0.456 bits per heavy atom. The summed E-state index contributed by atoms with van der Waals surface area (Å²) in [6.45, 7) is 4.75. The number of unbranched alkanes of at least 4 members (excludes halogenated alkanes) is 44. The fourth-order valence-electron chi connectivity index (χ4n) is 9.57. The second-order valence-electron chi connectivity index (χ2n) is 22.4. The molecule has 0 aromatic rings. The highest BCUT2D eigenvalue weighted by Gasteiger charge is 2.24. The fourth-order valence-corrected chi connectivity index (χ4v) is 10.3. The van der Waals surface area contributed by atoms with Crippen LogP contribution < -0.4 is 10.2 Å². The molecule has 0 aliphatic heterocycles. The number of amides is 1. The van der Waals surface area contributed by atoms with Gasteiger partial charge in [-0.05, 0) is 12.8 Å². The Morgan fingerprint density at radius 3 is 1.00 bits per heavy atom. The molecule has 0 saturated heterocycles. The van der Waals surface area contributed by atoms with Crippen molar-refractivity contribution in [3.8, 4) is 0 Å². The van der Waals surface area contributed by atoms with E-state index in [-0.39, 0.29) is 19.1 Å². The van der Waals surface area contributed by atoms with Gasteiger partial charge >= 0.3 is 0 Å². The van der Waals surface area contributed by atoms with Crippen molar-refractivity contribution >= 4 is 13.7 Å². The number of likely N-dealkylation sites (N-methyl/N-ethyl adjacent to an activating group) is 1. The first-order valence-corrected chi connectivity index (χ1v) is 31.8. The summed E-state index contributed by atoms with van der Waals surface area (Å²) >= 11 is 0. The molecular formula is C59H121N2O6P. The van der Waals surface area contributed by atoms with Gasteiger partial charge in [0.05, 0.1) is 39.9 Å². The maximum absolute atomic E-state index is 12.9. The van der Waals surface area contributed by atoms with Gasteiger partial charge in [-0.25, -0.2) is 0 Å². The minimum Gasteiger partial charge on any atom is -0.756 e. The minimum atomic E-state index is -4.56. The molecule has 0 rings (SSSR count). The number of nitrogens with zero attached hydrogens (tertiary/aromatic N) is 1. The van der Waals surface area contributed by atoms with E-state index in [0.29, 0.717) is 23.9 Å². The highest BCUT2D eigenvalue weighted by Crippen LogP contribution is 2.38. The zero-order chi connectivity index (χ0) is 49.9. The second-order valence-corrected chi connectivity index (χ2v) is 23.8. The van der Waals surface area contributed by atoms with Crippen molar-refractivity contribution < 1.29 is 32.9 Å². The highest BCUT2D eigenvalue weighted by atomic mass is 31.2. The van der Waals surface area contributed by atoms with Crippen LogP contribution in [0.15, 0.2) is 0 Å². The smallest absolute Gasteiger partial charge is 0.268 e. The lowest BCUT2D eigenvalue weighted by Crippen LogP contribution is -2.46. The number of carbonyl (C=O) groups is 1. The lowest BCUT2D eigenvalue weighted by atomic mass is 10.0. The predicted molar refractivity (Wildman–Crippen MR) is 293 cm³/mol. The molecule has 0 fully saturated rings. The number of carbonyl (C=O) groups excluding carboxylic acids is 1. The number of nitrogens with one attached hydrogen (secondary N) is 1. The summed E-state index contributed by atoms with van der Waals surface area (Å²) in [6.07, 6.45) is 61.8. The van der Waals surface area contributed by atoms with Crippen molar-refractivity contribution in [3.63, 3.8) is 0 Å². The summed E-state index contributed by atoms with van der Waals surface area (Å²) in [5.74, 6) is -0.159. The van der Waals surface area contributed by atoms with Crippen molar-refractivity contribution in [1.82, 2.24) is 5.32 Å². The summed E-state index contributed by atoms with van der Waals surface area (Å²) in [6, 6.07) is -0.793.